The summed E-state index contributed by atoms with van der Waals surface area (Å²) in [6, 6.07) is 3.95. The van der Waals surface area contributed by atoms with Crippen LogP contribution in [0.2, 0.25) is 0 Å². The van der Waals surface area contributed by atoms with E-state index in [1.54, 1.807) is 18.2 Å². The van der Waals surface area contributed by atoms with Gasteiger partial charge in [-0.2, -0.15) is 4.31 Å². The van der Waals surface area contributed by atoms with Gasteiger partial charge in [0.2, 0.25) is 10.0 Å². The molecule has 7 heteroatoms. The van der Waals surface area contributed by atoms with Gasteiger partial charge < -0.3 is 5.11 Å². The minimum atomic E-state index is -3.59. The fourth-order valence-corrected chi connectivity index (χ4v) is 2.35. The van der Waals surface area contributed by atoms with E-state index in [-0.39, 0.29) is 6.54 Å². The molecule has 0 radical (unpaired) electrons. The van der Waals surface area contributed by atoms with Gasteiger partial charge in [0.05, 0.1) is 18.5 Å². The van der Waals surface area contributed by atoms with Crippen molar-refractivity contribution in [2.45, 2.75) is 19.5 Å². The molecule has 0 saturated heterocycles. The highest BCUT2D eigenvalue weighted by Gasteiger charge is 2.28. The van der Waals surface area contributed by atoms with Crippen molar-refractivity contribution < 1.29 is 18.3 Å². The first-order chi connectivity index (χ1) is 7.82. The average molecular weight is 258 g/mol. The number of pyridine rings is 1. The summed E-state index contributed by atoms with van der Waals surface area (Å²) >= 11 is 0. The SMILES string of the molecule is CC(C(=O)O)N(Cc1ccccn1)S(C)(=O)=O. The van der Waals surface area contributed by atoms with E-state index in [1.165, 1.54) is 13.1 Å². The molecule has 0 amide bonds. The van der Waals surface area contributed by atoms with Crippen LogP contribution in [0.3, 0.4) is 0 Å². The zero-order valence-corrected chi connectivity index (χ0v) is 10.4. The Labute approximate surface area is 100.0 Å². The smallest absolute Gasteiger partial charge is 0.321 e. The number of carboxylic acid groups (broad SMARTS) is 1. The maximum absolute atomic E-state index is 11.5. The summed E-state index contributed by atoms with van der Waals surface area (Å²) in [5, 5.41) is 8.87. The zero-order valence-electron chi connectivity index (χ0n) is 9.57. The first-order valence-corrected chi connectivity index (χ1v) is 6.76. The number of rotatable bonds is 5. The summed E-state index contributed by atoms with van der Waals surface area (Å²) in [5.74, 6) is -1.19. The number of hydrogen-bond acceptors (Lipinski definition) is 4. The molecule has 1 unspecified atom stereocenters. The van der Waals surface area contributed by atoms with Crippen molar-refractivity contribution in [2.75, 3.05) is 6.26 Å². The van der Waals surface area contributed by atoms with E-state index in [4.69, 9.17) is 5.11 Å². The van der Waals surface area contributed by atoms with Crippen molar-refractivity contribution >= 4 is 16.0 Å². The van der Waals surface area contributed by atoms with Crippen molar-refractivity contribution in [3.63, 3.8) is 0 Å². The third-order valence-corrected chi connectivity index (χ3v) is 3.56. The quantitative estimate of drug-likeness (QED) is 0.821. The molecular weight excluding hydrogens is 244 g/mol. The predicted molar refractivity (Wildman–Crippen MR) is 61.7 cm³/mol. The molecule has 0 saturated carbocycles. The van der Waals surface area contributed by atoms with Crippen molar-refractivity contribution in [1.29, 1.82) is 0 Å². The number of aromatic nitrogens is 1. The molecule has 0 bridgehead atoms. The molecule has 1 aromatic rings. The van der Waals surface area contributed by atoms with E-state index in [0.29, 0.717) is 5.69 Å². The minimum absolute atomic E-state index is 0.0485. The summed E-state index contributed by atoms with van der Waals surface area (Å²) < 4.78 is 23.9. The van der Waals surface area contributed by atoms with E-state index in [9.17, 15) is 13.2 Å². The molecule has 1 aromatic heterocycles. The van der Waals surface area contributed by atoms with Crippen LogP contribution in [0.15, 0.2) is 24.4 Å². The lowest BCUT2D eigenvalue weighted by atomic mass is 10.3. The van der Waals surface area contributed by atoms with Crippen molar-refractivity contribution in [2.24, 2.45) is 0 Å². The molecule has 0 aliphatic carbocycles. The third kappa shape index (κ3) is 3.79. The fourth-order valence-electron chi connectivity index (χ4n) is 1.32. The normalized spacial score (nSPS) is 13.6. The number of aliphatic carboxylic acids is 1. The minimum Gasteiger partial charge on any atom is -0.480 e. The van der Waals surface area contributed by atoms with Crippen LogP contribution < -0.4 is 0 Å². The maximum atomic E-state index is 11.5. The highest BCUT2D eigenvalue weighted by molar-refractivity contribution is 7.88. The van der Waals surface area contributed by atoms with E-state index in [1.807, 2.05) is 0 Å². The molecule has 0 aliphatic heterocycles. The Hall–Kier alpha value is -1.47. The van der Waals surface area contributed by atoms with Crippen molar-refractivity contribution in [1.82, 2.24) is 9.29 Å². The molecule has 17 heavy (non-hydrogen) atoms. The van der Waals surface area contributed by atoms with Gasteiger partial charge in [0.25, 0.3) is 0 Å². The highest BCUT2D eigenvalue weighted by atomic mass is 32.2. The first kappa shape index (κ1) is 13.6. The molecule has 0 spiro atoms. The van der Waals surface area contributed by atoms with Crippen LogP contribution >= 0.6 is 0 Å². The van der Waals surface area contributed by atoms with Crippen molar-refractivity contribution in [3.05, 3.63) is 30.1 Å². The van der Waals surface area contributed by atoms with Gasteiger partial charge in [0, 0.05) is 6.20 Å². The highest BCUT2D eigenvalue weighted by Crippen LogP contribution is 2.11. The molecule has 94 valence electrons. The Morgan fingerprint density at radius 1 is 1.53 bits per heavy atom. The summed E-state index contributed by atoms with van der Waals surface area (Å²) in [6.07, 6.45) is 2.51. The second-order valence-corrected chi connectivity index (χ2v) is 5.58. The maximum Gasteiger partial charge on any atom is 0.321 e. The molecule has 1 heterocycles. The van der Waals surface area contributed by atoms with Gasteiger partial charge in [0.15, 0.2) is 0 Å². The number of carboxylic acids is 1. The topological polar surface area (TPSA) is 87.6 Å². The zero-order chi connectivity index (χ0) is 13.1. The second-order valence-electron chi connectivity index (χ2n) is 3.64. The predicted octanol–water partition coefficient (Wildman–Crippen LogP) is 0.316. The summed E-state index contributed by atoms with van der Waals surface area (Å²) in [6.45, 7) is 1.28. The number of sulfonamides is 1. The molecule has 1 N–H and O–H groups in total. The Morgan fingerprint density at radius 2 is 2.18 bits per heavy atom. The lowest BCUT2D eigenvalue weighted by Crippen LogP contribution is -2.42. The van der Waals surface area contributed by atoms with Crippen LogP contribution in [-0.2, 0) is 21.4 Å². The standard InChI is InChI=1S/C10H14N2O4S/c1-8(10(13)14)12(17(2,15)16)7-9-5-3-4-6-11-9/h3-6,8H,7H2,1-2H3,(H,13,14). The van der Waals surface area contributed by atoms with Gasteiger partial charge in [-0.3, -0.25) is 9.78 Å². The number of carbonyl (C=O) groups is 1. The van der Waals surface area contributed by atoms with Gasteiger partial charge in [-0.1, -0.05) is 6.07 Å². The molecular formula is C10H14N2O4S. The molecule has 0 aliphatic rings. The van der Waals surface area contributed by atoms with Gasteiger partial charge in [-0.05, 0) is 19.1 Å². The van der Waals surface area contributed by atoms with Crippen LogP contribution in [0, 0.1) is 0 Å². The summed E-state index contributed by atoms with van der Waals surface area (Å²) in [5.41, 5.74) is 0.506. The first-order valence-electron chi connectivity index (χ1n) is 4.92. The van der Waals surface area contributed by atoms with E-state index >= 15 is 0 Å². The van der Waals surface area contributed by atoms with Crippen LogP contribution in [0.1, 0.15) is 12.6 Å². The Kier molecular flexibility index (Phi) is 4.19. The monoisotopic (exact) mass is 258 g/mol. The summed E-state index contributed by atoms with van der Waals surface area (Å²) in [4.78, 5) is 14.8. The third-order valence-electron chi connectivity index (χ3n) is 2.26. The second kappa shape index (κ2) is 5.24. The lowest BCUT2D eigenvalue weighted by molar-refractivity contribution is -0.141. The average Bonchev–Trinajstić information content (AvgIpc) is 2.24. The Morgan fingerprint density at radius 3 is 2.59 bits per heavy atom. The van der Waals surface area contributed by atoms with Crippen LogP contribution in [0.4, 0.5) is 0 Å². The van der Waals surface area contributed by atoms with Gasteiger partial charge in [-0.25, -0.2) is 8.42 Å². The van der Waals surface area contributed by atoms with Crippen molar-refractivity contribution in [3.8, 4) is 0 Å². The van der Waals surface area contributed by atoms with Gasteiger partial charge in [-0.15, -0.1) is 0 Å². The van der Waals surface area contributed by atoms with Crippen LogP contribution in [0.25, 0.3) is 0 Å². The van der Waals surface area contributed by atoms with Crippen LogP contribution in [0.5, 0.6) is 0 Å². The molecule has 0 fully saturated rings. The summed E-state index contributed by atoms with van der Waals surface area (Å²) in [7, 11) is -3.59. The van der Waals surface area contributed by atoms with Crippen LogP contribution in [-0.4, -0.2) is 41.1 Å². The molecule has 0 aromatic carbocycles. The van der Waals surface area contributed by atoms with Gasteiger partial charge >= 0.3 is 5.97 Å². The van der Waals surface area contributed by atoms with Gasteiger partial charge in [0.1, 0.15) is 6.04 Å². The molecule has 1 atom stereocenters. The largest absolute Gasteiger partial charge is 0.480 e. The fraction of sp³-hybridized carbons (Fsp3) is 0.400. The Bertz CT molecular complexity index is 486. The van der Waals surface area contributed by atoms with E-state index in [0.717, 1.165) is 10.6 Å². The molecule has 6 nitrogen and oxygen atoms in total. The lowest BCUT2D eigenvalue weighted by Gasteiger charge is -2.23. The number of nitrogens with zero attached hydrogens (tertiary/aromatic N) is 2. The van der Waals surface area contributed by atoms with E-state index < -0.39 is 22.0 Å². The number of hydrogen-bond donors (Lipinski definition) is 1. The Balaban J connectivity index is 2.98. The van der Waals surface area contributed by atoms with E-state index in [2.05, 4.69) is 4.98 Å². The molecule has 1 rings (SSSR count).